The molecule has 6 heteroatoms. The van der Waals surface area contributed by atoms with Crippen LogP contribution < -0.4 is 4.74 Å². The average molecular weight is 409 g/mol. The molecule has 5 rings (SSSR count). The van der Waals surface area contributed by atoms with Gasteiger partial charge in [-0.25, -0.2) is 0 Å². The van der Waals surface area contributed by atoms with Gasteiger partial charge in [-0.05, 0) is 56.2 Å². The van der Waals surface area contributed by atoms with Crippen molar-refractivity contribution in [2.75, 3.05) is 20.2 Å². The molecular formula is C24H32N4O2. The Bertz CT molecular complexity index is 881. The van der Waals surface area contributed by atoms with Gasteiger partial charge in [0.05, 0.1) is 12.5 Å². The highest BCUT2D eigenvalue weighted by molar-refractivity contribution is 5.88. The molecule has 3 aliphatic rings. The molecular weight excluding hydrogens is 376 g/mol. The highest BCUT2D eigenvalue weighted by Gasteiger charge is 2.45. The summed E-state index contributed by atoms with van der Waals surface area (Å²) in [6.45, 7) is 1.62. The molecule has 0 spiro atoms. The van der Waals surface area contributed by atoms with Crippen molar-refractivity contribution in [2.45, 2.75) is 75.2 Å². The van der Waals surface area contributed by atoms with Crippen molar-refractivity contribution in [3.8, 4) is 5.75 Å². The lowest BCUT2D eigenvalue weighted by atomic mass is 9.68. The summed E-state index contributed by atoms with van der Waals surface area (Å²) < 4.78 is 7.61. The van der Waals surface area contributed by atoms with Crippen LogP contribution in [-0.4, -0.2) is 45.8 Å². The van der Waals surface area contributed by atoms with Crippen LogP contribution in [0.3, 0.4) is 0 Å². The van der Waals surface area contributed by atoms with Gasteiger partial charge in [-0.1, -0.05) is 31.4 Å². The van der Waals surface area contributed by atoms with Crippen LogP contribution in [0.2, 0.25) is 0 Å². The maximum absolute atomic E-state index is 14.0. The SMILES string of the molecule is COc1ccc(C2(C(=O)N3CCC[C@@H](c4nncn4C4CC4)C3)CCCCC2)cc1. The third kappa shape index (κ3) is 3.50. The highest BCUT2D eigenvalue weighted by Crippen LogP contribution is 2.43. The van der Waals surface area contributed by atoms with Gasteiger partial charge in [0, 0.05) is 25.0 Å². The number of hydrogen-bond acceptors (Lipinski definition) is 4. The summed E-state index contributed by atoms with van der Waals surface area (Å²) in [5.41, 5.74) is 0.757. The van der Waals surface area contributed by atoms with Crippen molar-refractivity contribution in [2.24, 2.45) is 0 Å². The second kappa shape index (κ2) is 8.05. The van der Waals surface area contributed by atoms with Crippen molar-refractivity contribution in [1.29, 1.82) is 0 Å². The Morgan fingerprint density at radius 3 is 2.53 bits per heavy atom. The molecule has 0 unspecified atom stereocenters. The van der Waals surface area contributed by atoms with Gasteiger partial charge in [0.2, 0.25) is 5.91 Å². The summed E-state index contributed by atoms with van der Waals surface area (Å²) in [6.07, 6.45) is 11.8. The largest absolute Gasteiger partial charge is 0.497 e. The van der Waals surface area contributed by atoms with E-state index in [0.717, 1.165) is 68.8 Å². The molecule has 30 heavy (non-hydrogen) atoms. The first kappa shape index (κ1) is 19.6. The number of hydrogen-bond donors (Lipinski definition) is 0. The number of nitrogens with zero attached hydrogens (tertiary/aromatic N) is 4. The van der Waals surface area contributed by atoms with Gasteiger partial charge in [-0.2, -0.15) is 0 Å². The number of ether oxygens (including phenoxy) is 1. The smallest absolute Gasteiger partial charge is 0.233 e. The van der Waals surface area contributed by atoms with Crippen LogP contribution in [0.25, 0.3) is 0 Å². The molecule has 160 valence electrons. The minimum absolute atomic E-state index is 0.294. The molecule has 1 amide bonds. The van der Waals surface area contributed by atoms with E-state index in [2.05, 4.69) is 31.8 Å². The van der Waals surface area contributed by atoms with Crippen LogP contribution in [-0.2, 0) is 10.2 Å². The van der Waals surface area contributed by atoms with Crippen molar-refractivity contribution in [3.05, 3.63) is 42.0 Å². The summed E-state index contributed by atoms with van der Waals surface area (Å²) in [5.74, 6) is 2.53. The van der Waals surface area contributed by atoms with E-state index in [1.807, 2.05) is 18.5 Å². The Morgan fingerprint density at radius 2 is 1.83 bits per heavy atom. The van der Waals surface area contributed by atoms with Crippen molar-refractivity contribution in [3.63, 3.8) is 0 Å². The second-order valence-electron chi connectivity index (χ2n) is 9.29. The molecule has 2 aliphatic carbocycles. The van der Waals surface area contributed by atoms with E-state index in [4.69, 9.17) is 4.74 Å². The van der Waals surface area contributed by atoms with Crippen molar-refractivity contribution in [1.82, 2.24) is 19.7 Å². The quantitative estimate of drug-likeness (QED) is 0.743. The van der Waals surface area contributed by atoms with E-state index in [9.17, 15) is 4.79 Å². The van der Waals surface area contributed by atoms with E-state index in [1.54, 1.807) is 7.11 Å². The minimum Gasteiger partial charge on any atom is -0.497 e. The fourth-order valence-corrected chi connectivity index (χ4v) is 5.54. The van der Waals surface area contributed by atoms with Crippen molar-refractivity contribution < 1.29 is 9.53 Å². The normalized spacial score (nSPS) is 23.9. The molecule has 1 saturated heterocycles. The number of carbonyl (C=O) groups excluding carboxylic acids is 1. The Balaban J connectivity index is 1.40. The Labute approximate surface area is 178 Å². The van der Waals surface area contributed by atoms with E-state index in [0.29, 0.717) is 17.9 Å². The zero-order chi connectivity index (χ0) is 20.6. The minimum atomic E-state index is -0.392. The summed E-state index contributed by atoms with van der Waals surface area (Å²) in [6, 6.07) is 8.78. The number of piperidine rings is 1. The highest BCUT2D eigenvalue weighted by atomic mass is 16.5. The van der Waals surface area contributed by atoms with E-state index in [1.165, 1.54) is 19.3 Å². The fraction of sp³-hybridized carbons (Fsp3) is 0.625. The van der Waals surface area contributed by atoms with Gasteiger partial charge in [0.25, 0.3) is 0 Å². The van der Waals surface area contributed by atoms with Gasteiger partial charge in [0.1, 0.15) is 17.9 Å². The maximum Gasteiger partial charge on any atom is 0.233 e. The van der Waals surface area contributed by atoms with Crippen molar-refractivity contribution >= 4 is 5.91 Å². The number of amides is 1. The molecule has 1 aromatic heterocycles. The Kier molecular flexibility index (Phi) is 5.25. The molecule has 0 radical (unpaired) electrons. The van der Waals surface area contributed by atoms with E-state index < -0.39 is 5.41 Å². The summed E-state index contributed by atoms with van der Waals surface area (Å²) >= 11 is 0. The zero-order valence-electron chi connectivity index (χ0n) is 17.9. The second-order valence-corrected chi connectivity index (χ2v) is 9.29. The van der Waals surface area contributed by atoms with Crippen LogP contribution in [0.4, 0.5) is 0 Å². The molecule has 3 fully saturated rings. The monoisotopic (exact) mass is 408 g/mol. The van der Waals surface area contributed by atoms with Crippen LogP contribution in [0.1, 0.15) is 81.1 Å². The van der Waals surface area contributed by atoms with Crippen LogP contribution in [0, 0.1) is 0 Å². The number of benzene rings is 1. The lowest BCUT2D eigenvalue weighted by Crippen LogP contribution is -2.51. The Morgan fingerprint density at radius 1 is 1.07 bits per heavy atom. The molecule has 2 heterocycles. The number of methoxy groups -OCH3 is 1. The number of likely N-dealkylation sites (tertiary alicyclic amines) is 1. The fourth-order valence-electron chi connectivity index (χ4n) is 5.54. The average Bonchev–Trinajstić information content (AvgIpc) is 3.55. The molecule has 2 aromatic rings. The van der Waals surface area contributed by atoms with Crippen LogP contribution in [0.5, 0.6) is 5.75 Å². The van der Waals surface area contributed by atoms with E-state index >= 15 is 0 Å². The third-order valence-electron chi connectivity index (χ3n) is 7.37. The molecule has 1 aromatic carbocycles. The molecule has 0 N–H and O–H groups in total. The first-order valence-electron chi connectivity index (χ1n) is 11.5. The molecule has 2 saturated carbocycles. The molecule has 0 bridgehead atoms. The third-order valence-corrected chi connectivity index (χ3v) is 7.37. The maximum atomic E-state index is 14.0. The van der Waals surface area contributed by atoms with Gasteiger partial charge in [-0.3, -0.25) is 4.79 Å². The first-order chi connectivity index (χ1) is 14.7. The molecule has 6 nitrogen and oxygen atoms in total. The number of rotatable bonds is 5. The molecule has 1 atom stereocenters. The van der Waals surface area contributed by atoms with Crippen LogP contribution in [0.15, 0.2) is 30.6 Å². The first-order valence-corrected chi connectivity index (χ1v) is 11.5. The topological polar surface area (TPSA) is 60.2 Å². The summed E-state index contributed by atoms with van der Waals surface area (Å²) in [7, 11) is 1.69. The van der Waals surface area contributed by atoms with Gasteiger partial charge in [0.15, 0.2) is 0 Å². The Hall–Kier alpha value is -2.37. The summed E-state index contributed by atoms with van der Waals surface area (Å²) in [4.78, 5) is 16.2. The predicted molar refractivity (Wildman–Crippen MR) is 115 cm³/mol. The lowest BCUT2D eigenvalue weighted by Gasteiger charge is -2.43. The predicted octanol–water partition coefficient (Wildman–Crippen LogP) is 4.23. The van der Waals surface area contributed by atoms with Gasteiger partial charge in [-0.15, -0.1) is 10.2 Å². The standard InChI is InChI=1S/C24H32N4O2/c1-30-21-11-7-19(8-12-21)24(13-3-2-4-14-24)23(29)27-15-5-6-18(16-27)22-26-25-17-28(22)20-9-10-20/h7-8,11-12,17-18,20H,2-6,9-10,13-16H2,1H3/t18-/m1/s1. The van der Waals surface area contributed by atoms with Crippen LogP contribution >= 0.6 is 0 Å². The summed E-state index contributed by atoms with van der Waals surface area (Å²) in [5, 5.41) is 8.66. The lowest BCUT2D eigenvalue weighted by molar-refractivity contribution is -0.140. The molecule has 1 aliphatic heterocycles. The van der Waals surface area contributed by atoms with E-state index in [-0.39, 0.29) is 0 Å². The van der Waals surface area contributed by atoms with Gasteiger partial charge >= 0.3 is 0 Å². The number of carbonyl (C=O) groups is 1. The number of aromatic nitrogens is 3. The van der Waals surface area contributed by atoms with Gasteiger partial charge < -0.3 is 14.2 Å². The zero-order valence-corrected chi connectivity index (χ0v) is 17.9.